The Hall–Kier alpha value is -1.15. The third-order valence-corrected chi connectivity index (χ3v) is 2.40. The number of aldehydes is 1. The summed E-state index contributed by atoms with van der Waals surface area (Å²) in [6.45, 7) is 2.00. The van der Waals surface area contributed by atoms with Gasteiger partial charge in [0.15, 0.2) is 0 Å². The van der Waals surface area contributed by atoms with Crippen LogP contribution < -0.4 is 0 Å². The molecule has 14 heavy (non-hydrogen) atoms. The van der Waals surface area contributed by atoms with E-state index in [4.69, 9.17) is 0 Å². The van der Waals surface area contributed by atoms with E-state index in [0.29, 0.717) is 6.42 Å². The lowest BCUT2D eigenvalue weighted by atomic mass is 9.87. The van der Waals surface area contributed by atoms with Gasteiger partial charge in [-0.3, -0.25) is 0 Å². The van der Waals surface area contributed by atoms with E-state index < -0.39 is 5.60 Å². The SMILES string of the molecule is CCCC(O)(CC=O)c1ccccc1. The number of rotatable bonds is 5. The van der Waals surface area contributed by atoms with Gasteiger partial charge in [0.25, 0.3) is 0 Å². The molecule has 0 fully saturated rings. The van der Waals surface area contributed by atoms with Gasteiger partial charge in [-0.1, -0.05) is 43.7 Å². The van der Waals surface area contributed by atoms with Crippen LogP contribution in [0.1, 0.15) is 31.7 Å². The highest BCUT2D eigenvalue weighted by Gasteiger charge is 2.27. The van der Waals surface area contributed by atoms with Crippen LogP contribution in [-0.2, 0) is 10.4 Å². The van der Waals surface area contributed by atoms with Crippen LogP contribution in [0.5, 0.6) is 0 Å². The Morgan fingerprint density at radius 1 is 1.36 bits per heavy atom. The summed E-state index contributed by atoms with van der Waals surface area (Å²) in [6.07, 6.45) is 2.43. The molecular weight excluding hydrogens is 176 g/mol. The summed E-state index contributed by atoms with van der Waals surface area (Å²) >= 11 is 0. The highest BCUT2D eigenvalue weighted by molar-refractivity contribution is 5.52. The third-order valence-electron chi connectivity index (χ3n) is 2.40. The van der Waals surface area contributed by atoms with Crippen LogP contribution in [0, 0.1) is 0 Å². The van der Waals surface area contributed by atoms with Gasteiger partial charge in [0.1, 0.15) is 6.29 Å². The zero-order valence-corrected chi connectivity index (χ0v) is 8.44. The lowest BCUT2D eigenvalue weighted by Crippen LogP contribution is -2.25. The van der Waals surface area contributed by atoms with Gasteiger partial charge in [-0.15, -0.1) is 0 Å². The number of hydrogen-bond donors (Lipinski definition) is 1. The Morgan fingerprint density at radius 2 is 2.00 bits per heavy atom. The average Bonchev–Trinajstić information content (AvgIpc) is 2.20. The van der Waals surface area contributed by atoms with Gasteiger partial charge >= 0.3 is 0 Å². The Balaban J connectivity index is 2.92. The van der Waals surface area contributed by atoms with E-state index in [9.17, 15) is 9.90 Å². The van der Waals surface area contributed by atoms with Crippen molar-refractivity contribution in [1.82, 2.24) is 0 Å². The second-order valence-electron chi connectivity index (χ2n) is 3.52. The number of hydrogen-bond acceptors (Lipinski definition) is 2. The minimum absolute atomic E-state index is 0.171. The van der Waals surface area contributed by atoms with Crippen LogP contribution in [0.15, 0.2) is 30.3 Å². The summed E-state index contributed by atoms with van der Waals surface area (Å²) in [5.41, 5.74) is -0.147. The molecule has 0 aromatic heterocycles. The van der Waals surface area contributed by atoms with Crippen molar-refractivity contribution in [3.8, 4) is 0 Å². The molecule has 1 aromatic carbocycles. The van der Waals surface area contributed by atoms with Crippen molar-refractivity contribution in [2.24, 2.45) is 0 Å². The molecule has 2 heteroatoms. The van der Waals surface area contributed by atoms with Crippen LogP contribution in [0.4, 0.5) is 0 Å². The molecule has 2 nitrogen and oxygen atoms in total. The van der Waals surface area contributed by atoms with Gasteiger partial charge in [-0.2, -0.15) is 0 Å². The first-order chi connectivity index (χ1) is 6.73. The molecule has 1 rings (SSSR count). The number of benzene rings is 1. The topological polar surface area (TPSA) is 37.3 Å². The monoisotopic (exact) mass is 192 g/mol. The van der Waals surface area contributed by atoms with Crippen molar-refractivity contribution < 1.29 is 9.90 Å². The van der Waals surface area contributed by atoms with Crippen LogP contribution in [-0.4, -0.2) is 11.4 Å². The van der Waals surface area contributed by atoms with Crippen molar-refractivity contribution in [1.29, 1.82) is 0 Å². The smallest absolute Gasteiger partial charge is 0.123 e. The molecule has 76 valence electrons. The normalized spacial score (nSPS) is 14.7. The van der Waals surface area contributed by atoms with Gasteiger partial charge < -0.3 is 9.90 Å². The summed E-state index contributed by atoms with van der Waals surface area (Å²) in [5, 5.41) is 10.3. The quantitative estimate of drug-likeness (QED) is 0.726. The highest BCUT2D eigenvalue weighted by atomic mass is 16.3. The summed E-state index contributed by atoms with van der Waals surface area (Å²) < 4.78 is 0. The van der Waals surface area contributed by atoms with E-state index in [0.717, 1.165) is 18.3 Å². The van der Waals surface area contributed by atoms with E-state index in [1.165, 1.54) is 0 Å². The van der Waals surface area contributed by atoms with E-state index >= 15 is 0 Å². The van der Waals surface area contributed by atoms with Crippen molar-refractivity contribution >= 4 is 6.29 Å². The van der Waals surface area contributed by atoms with Gasteiger partial charge in [0.05, 0.1) is 5.60 Å². The summed E-state index contributed by atoms with van der Waals surface area (Å²) in [4.78, 5) is 10.5. The number of carbonyl (C=O) groups is 1. The van der Waals surface area contributed by atoms with Crippen LogP contribution in [0.25, 0.3) is 0 Å². The zero-order chi connectivity index (χ0) is 10.4. The van der Waals surface area contributed by atoms with E-state index in [-0.39, 0.29) is 6.42 Å². The highest BCUT2D eigenvalue weighted by Crippen LogP contribution is 2.28. The second kappa shape index (κ2) is 4.91. The summed E-state index contributed by atoms with van der Waals surface area (Å²) in [7, 11) is 0. The van der Waals surface area contributed by atoms with Crippen LogP contribution >= 0.6 is 0 Å². The van der Waals surface area contributed by atoms with Gasteiger partial charge in [-0.05, 0) is 12.0 Å². The maximum atomic E-state index is 10.5. The predicted octanol–water partition coefficient (Wildman–Crippen LogP) is 2.26. The number of carbonyl (C=O) groups excluding carboxylic acids is 1. The minimum atomic E-state index is -0.974. The van der Waals surface area contributed by atoms with Gasteiger partial charge in [0, 0.05) is 6.42 Å². The maximum Gasteiger partial charge on any atom is 0.123 e. The van der Waals surface area contributed by atoms with Crippen molar-refractivity contribution in [3.05, 3.63) is 35.9 Å². The lowest BCUT2D eigenvalue weighted by molar-refractivity contribution is -0.113. The molecule has 1 unspecified atom stereocenters. The molecule has 0 saturated carbocycles. The molecule has 0 aliphatic heterocycles. The standard InChI is InChI=1S/C12H16O2/c1-2-8-12(14,9-10-13)11-6-4-3-5-7-11/h3-7,10,14H,2,8-9H2,1H3. The molecule has 0 spiro atoms. The van der Waals surface area contributed by atoms with Crippen molar-refractivity contribution in [2.45, 2.75) is 31.8 Å². The molecular formula is C12H16O2. The molecule has 1 atom stereocenters. The molecule has 0 aliphatic carbocycles. The fourth-order valence-electron chi connectivity index (χ4n) is 1.66. The van der Waals surface area contributed by atoms with Crippen LogP contribution in [0.3, 0.4) is 0 Å². The largest absolute Gasteiger partial charge is 0.385 e. The third kappa shape index (κ3) is 2.42. The summed E-state index contributed by atoms with van der Waals surface area (Å²) in [6, 6.07) is 9.37. The Bertz CT molecular complexity index is 282. The predicted molar refractivity (Wildman–Crippen MR) is 55.9 cm³/mol. The number of aliphatic hydroxyl groups is 1. The fraction of sp³-hybridized carbons (Fsp3) is 0.417. The van der Waals surface area contributed by atoms with Gasteiger partial charge in [0.2, 0.25) is 0 Å². The van der Waals surface area contributed by atoms with Crippen LogP contribution in [0.2, 0.25) is 0 Å². The molecule has 0 heterocycles. The molecule has 1 aromatic rings. The maximum absolute atomic E-state index is 10.5. The molecule has 0 saturated heterocycles. The first-order valence-corrected chi connectivity index (χ1v) is 4.94. The molecule has 0 radical (unpaired) electrons. The molecule has 0 bridgehead atoms. The molecule has 0 aliphatic rings. The first-order valence-electron chi connectivity index (χ1n) is 4.94. The Kier molecular flexibility index (Phi) is 3.84. The molecule has 1 N–H and O–H groups in total. The van der Waals surface area contributed by atoms with E-state index in [1.807, 2.05) is 37.3 Å². The second-order valence-corrected chi connectivity index (χ2v) is 3.52. The zero-order valence-electron chi connectivity index (χ0n) is 8.44. The minimum Gasteiger partial charge on any atom is -0.385 e. The van der Waals surface area contributed by atoms with Crippen molar-refractivity contribution in [2.75, 3.05) is 0 Å². The average molecular weight is 192 g/mol. The van der Waals surface area contributed by atoms with Crippen molar-refractivity contribution in [3.63, 3.8) is 0 Å². The first kappa shape index (κ1) is 10.9. The molecule has 0 amide bonds. The Labute approximate surface area is 84.6 Å². The Morgan fingerprint density at radius 3 is 2.50 bits per heavy atom. The van der Waals surface area contributed by atoms with E-state index in [1.54, 1.807) is 0 Å². The summed E-state index contributed by atoms with van der Waals surface area (Å²) in [5.74, 6) is 0. The van der Waals surface area contributed by atoms with E-state index in [2.05, 4.69) is 0 Å². The fourth-order valence-corrected chi connectivity index (χ4v) is 1.66. The van der Waals surface area contributed by atoms with Gasteiger partial charge in [-0.25, -0.2) is 0 Å². The lowest BCUT2D eigenvalue weighted by Gasteiger charge is -2.26.